The first-order chi connectivity index (χ1) is 4.89. The molecule has 0 spiro atoms. The van der Waals surface area contributed by atoms with Gasteiger partial charge in [-0.15, -0.1) is 0 Å². The Labute approximate surface area is 75.7 Å². The zero-order chi connectivity index (χ0) is 9.07. The third kappa shape index (κ3) is 3.56. The Bertz CT molecular complexity index is 158. The van der Waals surface area contributed by atoms with Gasteiger partial charge in [-0.25, -0.2) is 0 Å². The third-order valence-electron chi connectivity index (χ3n) is 1.17. The fraction of sp³-hybridized carbons (Fsp3) is 0.625. The zero-order valence-corrected chi connectivity index (χ0v) is 8.64. The topological polar surface area (TPSA) is 26.3 Å². The second kappa shape index (κ2) is 3.90. The minimum Gasteiger partial charge on any atom is -0.434 e. The molecule has 0 N–H and O–H groups in total. The third-order valence-corrected chi connectivity index (χ3v) is 2.91. The quantitative estimate of drug-likeness (QED) is 0.406. The average molecular weight is 221 g/mol. The second-order valence-corrected chi connectivity index (χ2v) is 4.25. The van der Waals surface area contributed by atoms with E-state index in [0.29, 0.717) is 0 Å². The van der Waals surface area contributed by atoms with Crippen LogP contribution in [0.3, 0.4) is 0 Å². The van der Waals surface area contributed by atoms with Crippen molar-refractivity contribution in [3.8, 4) is 0 Å². The van der Waals surface area contributed by atoms with E-state index in [2.05, 4.69) is 27.2 Å². The first kappa shape index (κ1) is 10.7. The predicted molar refractivity (Wildman–Crippen MR) is 48.5 cm³/mol. The van der Waals surface area contributed by atoms with Crippen LogP contribution in [0.15, 0.2) is 12.8 Å². The lowest BCUT2D eigenvalue weighted by atomic mass is 9.92. The lowest BCUT2D eigenvalue weighted by Crippen LogP contribution is -2.29. The van der Waals surface area contributed by atoms with Gasteiger partial charge in [0.05, 0.1) is 6.26 Å². The Kier molecular flexibility index (Phi) is 3.79. The maximum absolute atomic E-state index is 11.0. The average Bonchev–Trinajstić information content (AvgIpc) is 1.85. The van der Waals surface area contributed by atoms with Gasteiger partial charge >= 0.3 is 5.97 Å². The number of ether oxygens (including phenoxy) is 1. The summed E-state index contributed by atoms with van der Waals surface area (Å²) in [5, 5.41) is 0. The first-order valence-corrected chi connectivity index (χ1v) is 4.26. The molecule has 0 saturated heterocycles. The standard InChI is InChI=1S/C8H13BrO2/c1-5-11-7(10)6(9)8(2,3)4/h5-6H,1H2,2-4H3. The lowest BCUT2D eigenvalue weighted by Gasteiger charge is -2.22. The molecule has 3 heteroatoms. The van der Waals surface area contributed by atoms with Crippen LogP contribution < -0.4 is 0 Å². The van der Waals surface area contributed by atoms with Gasteiger partial charge in [-0.2, -0.15) is 0 Å². The fourth-order valence-corrected chi connectivity index (χ4v) is 0.603. The molecular formula is C8H13BrO2. The van der Waals surface area contributed by atoms with E-state index in [9.17, 15) is 4.79 Å². The predicted octanol–water partition coefficient (Wildman–Crippen LogP) is 2.48. The van der Waals surface area contributed by atoms with E-state index in [-0.39, 0.29) is 16.2 Å². The van der Waals surface area contributed by atoms with E-state index >= 15 is 0 Å². The molecule has 0 aliphatic carbocycles. The normalized spacial score (nSPS) is 13.8. The van der Waals surface area contributed by atoms with Crippen molar-refractivity contribution >= 4 is 21.9 Å². The summed E-state index contributed by atoms with van der Waals surface area (Å²) in [5.74, 6) is -0.299. The molecule has 2 nitrogen and oxygen atoms in total. The van der Waals surface area contributed by atoms with Crippen LogP contribution in [0.5, 0.6) is 0 Å². The summed E-state index contributed by atoms with van der Waals surface area (Å²) in [6, 6.07) is 0. The summed E-state index contributed by atoms with van der Waals surface area (Å²) >= 11 is 3.24. The fourth-order valence-electron chi connectivity index (χ4n) is 0.495. The largest absolute Gasteiger partial charge is 0.434 e. The molecule has 11 heavy (non-hydrogen) atoms. The van der Waals surface area contributed by atoms with Crippen LogP contribution in [0.2, 0.25) is 0 Å². The van der Waals surface area contributed by atoms with Crippen molar-refractivity contribution in [2.75, 3.05) is 0 Å². The summed E-state index contributed by atoms with van der Waals surface area (Å²) in [6.45, 7) is 9.17. The number of esters is 1. The zero-order valence-electron chi connectivity index (χ0n) is 7.06. The number of carbonyl (C=O) groups excluding carboxylic acids is 1. The molecule has 0 rings (SSSR count). The van der Waals surface area contributed by atoms with Crippen molar-refractivity contribution in [2.45, 2.75) is 25.6 Å². The summed E-state index contributed by atoms with van der Waals surface area (Å²) in [5.41, 5.74) is -0.125. The van der Waals surface area contributed by atoms with E-state index in [0.717, 1.165) is 6.26 Å². The van der Waals surface area contributed by atoms with Crippen LogP contribution in [0.4, 0.5) is 0 Å². The first-order valence-electron chi connectivity index (χ1n) is 3.35. The Morgan fingerprint density at radius 2 is 2.09 bits per heavy atom. The van der Waals surface area contributed by atoms with E-state index < -0.39 is 0 Å². The molecule has 0 fully saturated rings. The molecule has 0 aromatic rings. The number of hydrogen-bond acceptors (Lipinski definition) is 2. The molecule has 1 atom stereocenters. The molecule has 0 saturated carbocycles. The highest BCUT2D eigenvalue weighted by Gasteiger charge is 2.29. The highest BCUT2D eigenvalue weighted by molar-refractivity contribution is 9.10. The molecular weight excluding hydrogens is 208 g/mol. The molecule has 0 radical (unpaired) electrons. The van der Waals surface area contributed by atoms with Crippen molar-refractivity contribution in [1.82, 2.24) is 0 Å². The van der Waals surface area contributed by atoms with Gasteiger partial charge in [0.2, 0.25) is 0 Å². The molecule has 0 bridgehead atoms. The van der Waals surface area contributed by atoms with Crippen LogP contribution in [0, 0.1) is 5.41 Å². The molecule has 0 aliphatic heterocycles. The lowest BCUT2D eigenvalue weighted by molar-refractivity contribution is -0.138. The summed E-state index contributed by atoms with van der Waals surface area (Å²) in [6.07, 6.45) is 1.14. The van der Waals surface area contributed by atoms with Gasteiger partial charge in [-0.1, -0.05) is 43.3 Å². The number of carbonyl (C=O) groups is 1. The van der Waals surface area contributed by atoms with Gasteiger partial charge in [0.25, 0.3) is 0 Å². The van der Waals surface area contributed by atoms with Gasteiger partial charge in [-0.3, -0.25) is 4.79 Å². The SMILES string of the molecule is C=COC(=O)C(Br)C(C)(C)C. The van der Waals surface area contributed by atoms with Gasteiger partial charge < -0.3 is 4.74 Å². The van der Waals surface area contributed by atoms with Crippen molar-refractivity contribution in [1.29, 1.82) is 0 Å². The second-order valence-electron chi connectivity index (χ2n) is 3.33. The van der Waals surface area contributed by atoms with Gasteiger partial charge in [-0.05, 0) is 5.41 Å². The number of hydrogen-bond donors (Lipinski definition) is 0. The maximum Gasteiger partial charge on any atom is 0.325 e. The van der Waals surface area contributed by atoms with E-state index in [4.69, 9.17) is 0 Å². The summed E-state index contributed by atoms with van der Waals surface area (Å²) in [7, 11) is 0. The molecule has 0 amide bonds. The summed E-state index contributed by atoms with van der Waals surface area (Å²) in [4.78, 5) is 10.8. The highest BCUT2D eigenvalue weighted by Crippen LogP contribution is 2.26. The van der Waals surface area contributed by atoms with E-state index in [1.165, 1.54) is 0 Å². The van der Waals surface area contributed by atoms with Crippen LogP contribution in [0.25, 0.3) is 0 Å². The van der Waals surface area contributed by atoms with Gasteiger partial charge in [0.1, 0.15) is 4.83 Å². The number of halogens is 1. The Morgan fingerprint density at radius 3 is 2.36 bits per heavy atom. The van der Waals surface area contributed by atoms with Crippen molar-refractivity contribution < 1.29 is 9.53 Å². The number of alkyl halides is 1. The van der Waals surface area contributed by atoms with Crippen LogP contribution >= 0.6 is 15.9 Å². The number of rotatable bonds is 2. The molecule has 0 aromatic carbocycles. The summed E-state index contributed by atoms with van der Waals surface area (Å²) < 4.78 is 4.61. The van der Waals surface area contributed by atoms with E-state index in [1.807, 2.05) is 20.8 Å². The van der Waals surface area contributed by atoms with Crippen molar-refractivity contribution in [2.24, 2.45) is 5.41 Å². The minimum absolute atomic E-state index is 0.125. The molecule has 0 aromatic heterocycles. The van der Waals surface area contributed by atoms with Crippen LogP contribution in [-0.2, 0) is 9.53 Å². The Balaban J connectivity index is 4.13. The molecule has 1 unspecified atom stereocenters. The maximum atomic E-state index is 11.0. The Morgan fingerprint density at radius 1 is 1.64 bits per heavy atom. The van der Waals surface area contributed by atoms with Crippen molar-refractivity contribution in [3.05, 3.63) is 12.8 Å². The molecule has 0 aliphatic rings. The van der Waals surface area contributed by atoms with Crippen molar-refractivity contribution in [3.63, 3.8) is 0 Å². The molecule has 0 heterocycles. The van der Waals surface area contributed by atoms with Gasteiger partial charge in [0.15, 0.2) is 0 Å². The van der Waals surface area contributed by atoms with Gasteiger partial charge in [0, 0.05) is 0 Å². The van der Waals surface area contributed by atoms with Crippen LogP contribution in [0.1, 0.15) is 20.8 Å². The molecule has 64 valence electrons. The Hall–Kier alpha value is -0.310. The monoisotopic (exact) mass is 220 g/mol. The van der Waals surface area contributed by atoms with Crippen LogP contribution in [-0.4, -0.2) is 10.8 Å². The minimum atomic E-state index is -0.299. The highest BCUT2D eigenvalue weighted by atomic mass is 79.9. The van der Waals surface area contributed by atoms with E-state index in [1.54, 1.807) is 0 Å². The smallest absolute Gasteiger partial charge is 0.325 e.